The molecule has 38 heavy (non-hydrogen) atoms. The second-order valence-electron chi connectivity index (χ2n) is 10.6. The molecule has 0 aliphatic heterocycles. The van der Waals surface area contributed by atoms with Crippen LogP contribution in [0.3, 0.4) is 0 Å². The number of nitrogens with zero attached hydrogens (tertiary/aromatic N) is 2. The molecule has 0 rings (SSSR count). The summed E-state index contributed by atoms with van der Waals surface area (Å²) >= 11 is 0. The van der Waals surface area contributed by atoms with Crippen LogP contribution in [0.25, 0.3) is 0 Å². The monoisotopic (exact) mass is 569 g/mol. The molecular weight excluding hydrogens is 525 g/mol. The van der Waals surface area contributed by atoms with Gasteiger partial charge in [0.25, 0.3) is 0 Å². The normalized spacial score (nSPS) is 16.4. The third kappa shape index (κ3) is 12.8. The minimum atomic E-state index is -4.81. The zero-order chi connectivity index (χ0) is 29.9. The molecule has 0 bridgehead atoms. The number of hydrogen-bond acceptors (Lipinski definition) is 10. The quantitative estimate of drug-likeness (QED) is 0.102. The molecule has 14 nitrogen and oxygen atoms in total. The third-order valence-electron chi connectivity index (χ3n) is 4.65. The molecule has 0 saturated carbocycles. The van der Waals surface area contributed by atoms with E-state index in [-0.39, 0.29) is 13.2 Å². The van der Waals surface area contributed by atoms with Gasteiger partial charge in [-0.05, 0) is 19.8 Å². The summed E-state index contributed by atoms with van der Waals surface area (Å²) in [6.07, 6.45) is -4.18. The van der Waals surface area contributed by atoms with E-state index in [0.717, 1.165) is 4.90 Å². The Labute approximate surface area is 224 Å². The Kier molecular flexibility index (Phi) is 14.1. The standard InChI is InChI=1S/C23H44N3O11P/c1-11-13-32-20(29)34-17(22(4,5)6)36-38(31,25-19(24)26(10)15(3)16(27)28)37-18(23(7,8)9)35-21(30)33-14-12-2/h15,17-18H,11-14H2,1-10H3,(H,27,28)(H2,24,25,31). The molecule has 0 fully saturated rings. The second kappa shape index (κ2) is 15.1. The number of carbonyl (C=O) groups is 3. The summed E-state index contributed by atoms with van der Waals surface area (Å²) in [7, 11) is -3.50. The number of guanidine groups is 1. The SMILES string of the molecule is CCCOC(=O)OC(OP(=O)(N=C(N)N(C)C(C)C(=O)O)OC(OC(=O)OCCC)C(C)(C)C)C(C)(C)C. The lowest BCUT2D eigenvalue weighted by molar-refractivity contribution is -0.152. The molecule has 0 aromatic rings. The van der Waals surface area contributed by atoms with E-state index in [0.29, 0.717) is 12.8 Å². The van der Waals surface area contributed by atoms with Gasteiger partial charge in [0, 0.05) is 17.9 Å². The van der Waals surface area contributed by atoms with Gasteiger partial charge in [-0.2, -0.15) is 0 Å². The number of carbonyl (C=O) groups excluding carboxylic acids is 2. The van der Waals surface area contributed by atoms with Gasteiger partial charge in [-0.3, -0.25) is 0 Å². The summed E-state index contributed by atoms with van der Waals surface area (Å²) in [5.74, 6) is -1.75. The van der Waals surface area contributed by atoms with E-state index in [1.807, 2.05) is 0 Å². The van der Waals surface area contributed by atoms with E-state index < -0.39 is 61.4 Å². The maximum absolute atomic E-state index is 14.1. The first kappa shape index (κ1) is 35.4. The van der Waals surface area contributed by atoms with Gasteiger partial charge in [0.15, 0.2) is 0 Å². The highest BCUT2D eigenvalue weighted by Gasteiger charge is 2.44. The Bertz CT molecular complexity index is 822. The van der Waals surface area contributed by atoms with Gasteiger partial charge in [0.05, 0.1) is 13.2 Å². The molecule has 15 heteroatoms. The zero-order valence-electron chi connectivity index (χ0n) is 24.0. The average Bonchev–Trinajstić information content (AvgIpc) is 2.78. The van der Waals surface area contributed by atoms with E-state index in [2.05, 4.69) is 4.76 Å². The Morgan fingerprint density at radius 3 is 1.55 bits per heavy atom. The first-order valence-electron chi connectivity index (χ1n) is 12.2. The molecule has 0 heterocycles. The van der Waals surface area contributed by atoms with Crippen LogP contribution in [0.4, 0.5) is 9.59 Å². The van der Waals surface area contributed by atoms with Crippen LogP contribution in [0.2, 0.25) is 0 Å². The smallest absolute Gasteiger partial charge is 0.480 e. The number of rotatable bonds is 13. The highest BCUT2D eigenvalue weighted by Crippen LogP contribution is 2.56. The molecule has 0 aromatic heterocycles. The predicted molar refractivity (Wildman–Crippen MR) is 138 cm³/mol. The number of ether oxygens (including phenoxy) is 4. The van der Waals surface area contributed by atoms with Crippen LogP contribution in [-0.4, -0.2) is 73.1 Å². The van der Waals surface area contributed by atoms with E-state index >= 15 is 0 Å². The Hall–Kier alpha value is -2.57. The number of hydrogen-bond donors (Lipinski definition) is 2. The van der Waals surface area contributed by atoms with Gasteiger partial charge in [-0.25, -0.2) is 28.0 Å². The van der Waals surface area contributed by atoms with Crippen molar-refractivity contribution in [3.63, 3.8) is 0 Å². The van der Waals surface area contributed by atoms with E-state index in [9.17, 15) is 24.1 Å². The van der Waals surface area contributed by atoms with Crippen LogP contribution in [0.15, 0.2) is 4.76 Å². The average molecular weight is 570 g/mol. The molecule has 0 aliphatic rings. The number of likely N-dealkylation sites (N-methyl/N-ethyl adjacent to an activating group) is 1. The topological polar surface area (TPSA) is 186 Å². The van der Waals surface area contributed by atoms with Gasteiger partial charge in [-0.15, -0.1) is 4.76 Å². The van der Waals surface area contributed by atoms with Crippen molar-refractivity contribution in [3.8, 4) is 0 Å². The lowest BCUT2D eigenvalue weighted by Gasteiger charge is -2.34. The molecule has 0 amide bonds. The Morgan fingerprint density at radius 1 is 0.895 bits per heavy atom. The number of aliphatic carboxylic acids is 1. The van der Waals surface area contributed by atoms with Gasteiger partial charge in [0.2, 0.25) is 18.5 Å². The zero-order valence-corrected chi connectivity index (χ0v) is 24.9. The molecule has 0 saturated heterocycles. The van der Waals surface area contributed by atoms with Crippen molar-refractivity contribution < 1.29 is 52.1 Å². The van der Waals surface area contributed by atoms with Crippen molar-refractivity contribution in [1.29, 1.82) is 0 Å². The molecule has 0 spiro atoms. The van der Waals surface area contributed by atoms with Crippen molar-refractivity contribution in [2.24, 2.45) is 21.3 Å². The second-order valence-corrected chi connectivity index (χ2v) is 12.1. The van der Waals surface area contributed by atoms with E-state index in [1.54, 1.807) is 55.4 Å². The third-order valence-corrected chi connectivity index (χ3v) is 6.02. The van der Waals surface area contributed by atoms with Gasteiger partial charge >= 0.3 is 26.0 Å². The maximum Gasteiger partial charge on any atom is 0.510 e. The van der Waals surface area contributed by atoms with Crippen molar-refractivity contribution in [2.75, 3.05) is 20.3 Å². The maximum atomic E-state index is 14.1. The fourth-order valence-electron chi connectivity index (χ4n) is 2.20. The summed E-state index contributed by atoms with van der Waals surface area (Å²) < 4.78 is 49.6. The molecule has 0 aliphatic carbocycles. The van der Waals surface area contributed by atoms with E-state index in [4.69, 9.17) is 33.7 Å². The molecule has 3 atom stereocenters. The molecule has 0 radical (unpaired) electrons. The molecule has 3 unspecified atom stereocenters. The first-order chi connectivity index (χ1) is 17.3. The molecule has 0 aromatic carbocycles. The van der Waals surface area contributed by atoms with Crippen molar-refractivity contribution in [2.45, 2.75) is 93.8 Å². The predicted octanol–water partition coefficient (Wildman–Crippen LogP) is 4.72. The van der Waals surface area contributed by atoms with Gasteiger partial charge < -0.3 is 34.7 Å². The van der Waals surface area contributed by atoms with Crippen LogP contribution in [0.1, 0.15) is 75.2 Å². The largest absolute Gasteiger partial charge is 0.510 e. The molecule has 222 valence electrons. The highest BCUT2D eigenvalue weighted by atomic mass is 31.2. The lowest BCUT2D eigenvalue weighted by Crippen LogP contribution is -2.44. The molecular formula is C23H44N3O11P. The van der Waals surface area contributed by atoms with Crippen LogP contribution >= 0.6 is 7.75 Å². The Balaban J connectivity index is 6.51. The van der Waals surface area contributed by atoms with Crippen LogP contribution in [0, 0.1) is 10.8 Å². The fourth-order valence-corrected chi connectivity index (χ4v) is 3.94. The van der Waals surface area contributed by atoms with E-state index in [1.165, 1.54) is 14.0 Å². The number of carboxylic acid groups (broad SMARTS) is 1. The Morgan fingerprint density at radius 2 is 1.26 bits per heavy atom. The van der Waals surface area contributed by atoms with Crippen LogP contribution in [0.5, 0.6) is 0 Å². The summed E-state index contributed by atoms with van der Waals surface area (Å²) in [6, 6.07) is -1.16. The minimum Gasteiger partial charge on any atom is -0.480 e. The fraction of sp³-hybridized carbons (Fsp3) is 0.826. The van der Waals surface area contributed by atoms with Crippen molar-refractivity contribution >= 4 is 32.0 Å². The van der Waals surface area contributed by atoms with Gasteiger partial charge in [-0.1, -0.05) is 55.4 Å². The first-order valence-corrected chi connectivity index (χ1v) is 13.7. The van der Waals surface area contributed by atoms with Gasteiger partial charge in [0.1, 0.15) is 6.04 Å². The number of carboxylic acids is 1. The minimum absolute atomic E-state index is 0.0760. The lowest BCUT2D eigenvalue weighted by atomic mass is 9.96. The molecule has 3 N–H and O–H groups in total. The summed E-state index contributed by atoms with van der Waals surface area (Å²) in [6.45, 7) is 14.8. The number of nitrogens with two attached hydrogens (primary N) is 1. The summed E-state index contributed by atoms with van der Waals surface area (Å²) in [5, 5.41) is 9.32. The van der Waals surface area contributed by atoms with Crippen molar-refractivity contribution in [1.82, 2.24) is 4.90 Å². The van der Waals surface area contributed by atoms with Crippen LogP contribution < -0.4 is 5.73 Å². The summed E-state index contributed by atoms with van der Waals surface area (Å²) in [4.78, 5) is 36.8. The van der Waals surface area contributed by atoms with Crippen molar-refractivity contribution in [3.05, 3.63) is 0 Å². The van der Waals surface area contributed by atoms with Crippen LogP contribution in [-0.2, 0) is 37.4 Å². The highest BCUT2D eigenvalue weighted by molar-refractivity contribution is 7.52. The summed E-state index contributed by atoms with van der Waals surface area (Å²) in [5.41, 5.74) is 4.00.